The number of amides is 1. The van der Waals surface area contributed by atoms with Crippen molar-refractivity contribution < 1.29 is 4.79 Å². The molecule has 0 bridgehead atoms. The minimum Gasteiger partial charge on any atom is -0.355 e. The fraction of sp³-hybridized carbons (Fsp3) is 0.0455. The first-order valence-corrected chi connectivity index (χ1v) is 8.59. The molecule has 1 atom stereocenters. The minimum atomic E-state index is -1.13. The van der Waals surface area contributed by atoms with Gasteiger partial charge in [-0.05, 0) is 47.6 Å². The van der Waals surface area contributed by atoms with Crippen molar-refractivity contribution in [2.45, 2.75) is 5.54 Å². The van der Waals surface area contributed by atoms with Crippen molar-refractivity contribution in [3.8, 4) is 0 Å². The number of carbonyl (C=O) groups is 1. The van der Waals surface area contributed by atoms with Crippen LogP contribution < -0.4 is 16.0 Å². The Kier molecular flexibility index (Phi) is 4.21. The molecule has 1 aliphatic carbocycles. The predicted octanol–water partition coefficient (Wildman–Crippen LogP) is 3.16. The number of carbonyl (C=O) groups excluding carboxylic acids is 1. The molecule has 2 aromatic rings. The van der Waals surface area contributed by atoms with E-state index < -0.39 is 5.54 Å². The summed E-state index contributed by atoms with van der Waals surface area (Å²) >= 11 is 0. The molecule has 132 valence electrons. The Morgan fingerprint density at radius 2 is 1.81 bits per heavy atom. The van der Waals surface area contributed by atoms with Gasteiger partial charge in [0.05, 0.1) is 0 Å². The average molecular weight is 354 g/mol. The summed E-state index contributed by atoms with van der Waals surface area (Å²) in [5.41, 5.74) is 5.18. The maximum absolute atomic E-state index is 12.9. The van der Waals surface area contributed by atoms with Gasteiger partial charge in [0.25, 0.3) is 5.91 Å². The maximum Gasteiger partial charge on any atom is 0.261 e. The molecule has 1 unspecified atom stereocenters. The molecular weight excluding hydrogens is 336 g/mol. The molecule has 2 aliphatic rings. The van der Waals surface area contributed by atoms with Crippen LogP contribution in [0.15, 0.2) is 96.4 Å². The van der Waals surface area contributed by atoms with E-state index in [1.54, 1.807) is 0 Å². The van der Waals surface area contributed by atoms with E-state index in [1.807, 2.05) is 85.0 Å². The number of guanidine groups is 1. The van der Waals surface area contributed by atoms with Gasteiger partial charge in [0.1, 0.15) is 0 Å². The van der Waals surface area contributed by atoms with E-state index in [2.05, 4.69) is 21.7 Å². The largest absolute Gasteiger partial charge is 0.355 e. The van der Waals surface area contributed by atoms with Crippen LogP contribution in [0, 0.1) is 5.41 Å². The molecule has 4 N–H and O–H groups in total. The van der Waals surface area contributed by atoms with Crippen LogP contribution in [0.2, 0.25) is 0 Å². The van der Waals surface area contributed by atoms with Gasteiger partial charge >= 0.3 is 0 Å². The molecule has 0 spiro atoms. The summed E-state index contributed by atoms with van der Waals surface area (Å²) in [7, 11) is 0. The molecule has 2 aromatic carbocycles. The van der Waals surface area contributed by atoms with Crippen molar-refractivity contribution in [3.05, 3.63) is 108 Å². The molecule has 1 heterocycles. The molecule has 27 heavy (non-hydrogen) atoms. The SMILES string of the molecule is N=C1NC(=O)C(c2ccccc2)(c2cccc(NC3=CC=C=CC=C3)c2)N1. The zero-order valence-corrected chi connectivity index (χ0v) is 14.5. The van der Waals surface area contributed by atoms with E-state index in [1.165, 1.54) is 0 Å². The Bertz CT molecular complexity index is 1030. The van der Waals surface area contributed by atoms with Gasteiger partial charge in [-0.25, -0.2) is 0 Å². The average Bonchev–Trinajstić information content (AvgIpc) is 2.84. The Hall–Kier alpha value is -3.82. The Morgan fingerprint density at radius 1 is 1.00 bits per heavy atom. The molecule has 1 saturated heterocycles. The highest BCUT2D eigenvalue weighted by Crippen LogP contribution is 2.34. The smallest absolute Gasteiger partial charge is 0.261 e. The van der Waals surface area contributed by atoms with Gasteiger partial charge in [-0.2, -0.15) is 0 Å². The molecule has 1 amide bonds. The first kappa shape index (κ1) is 16.6. The monoisotopic (exact) mass is 354 g/mol. The Balaban J connectivity index is 1.76. The van der Waals surface area contributed by atoms with E-state index >= 15 is 0 Å². The summed E-state index contributed by atoms with van der Waals surface area (Å²) in [4.78, 5) is 12.9. The summed E-state index contributed by atoms with van der Waals surface area (Å²) in [5, 5.41) is 16.9. The minimum absolute atomic E-state index is 0.00663. The lowest BCUT2D eigenvalue weighted by molar-refractivity contribution is -0.122. The van der Waals surface area contributed by atoms with Crippen LogP contribution in [-0.2, 0) is 10.3 Å². The van der Waals surface area contributed by atoms with Gasteiger partial charge in [0.15, 0.2) is 11.5 Å². The number of allylic oxidation sites excluding steroid dienone is 4. The second-order valence-electron chi connectivity index (χ2n) is 6.26. The number of nitrogens with one attached hydrogen (secondary N) is 4. The van der Waals surface area contributed by atoms with E-state index in [4.69, 9.17) is 5.41 Å². The lowest BCUT2D eigenvalue weighted by Gasteiger charge is -2.28. The first-order valence-electron chi connectivity index (χ1n) is 8.59. The van der Waals surface area contributed by atoms with Crippen molar-refractivity contribution in [2.24, 2.45) is 0 Å². The van der Waals surface area contributed by atoms with Crippen LogP contribution in [0.4, 0.5) is 5.69 Å². The topological polar surface area (TPSA) is 77.0 Å². The van der Waals surface area contributed by atoms with Gasteiger partial charge < -0.3 is 10.6 Å². The predicted molar refractivity (Wildman–Crippen MR) is 106 cm³/mol. The zero-order chi connectivity index (χ0) is 18.7. The third-order valence-electron chi connectivity index (χ3n) is 4.51. The third kappa shape index (κ3) is 3.08. The van der Waals surface area contributed by atoms with Crippen molar-refractivity contribution >= 4 is 17.6 Å². The van der Waals surface area contributed by atoms with Crippen LogP contribution in [0.1, 0.15) is 11.1 Å². The van der Waals surface area contributed by atoms with Crippen LogP contribution in [0.3, 0.4) is 0 Å². The lowest BCUT2D eigenvalue weighted by Crippen LogP contribution is -2.44. The Morgan fingerprint density at radius 3 is 2.59 bits per heavy atom. The molecule has 1 fully saturated rings. The quantitative estimate of drug-likeness (QED) is 0.637. The number of benzene rings is 2. The molecule has 5 heteroatoms. The van der Waals surface area contributed by atoms with Gasteiger partial charge in [-0.3, -0.25) is 15.5 Å². The molecule has 0 saturated carbocycles. The summed E-state index contributed by atoms with van der Waals surface area (Å²) in [6, 6.07) is 17.1. The number of hydrogen-bond acceptors (Lipinski definition) is 3. The molecule has 0 radical (unpaired) electrons. The van der Waals surface area contributed by atoms with E-state index in [9.17, 15) is 4.79 Å². The van der Waals surface area contributed by atoms with Gasteiger partial charge in [0.2, 0.25) is 0 Å². The fourth-order valence-corrected chi connectivity index (χ4v) is 3.28. The van der Waals surface area contributed by atoms with Crippen molar-refractivity contribution in [2.75, 3.05) is 5.32 Å². The summed E-state index contributed by atoms with van der Waals surface area (Å²) < 4.78 is 0. The van der Waals surface area contributed by atoms with Crippen LogP contribution in [0.5, 0.6) is 0 Å². The highest BCUT2D eigenvalue weighted by atomic mass is 16.2. The van der Waals surface area contributed by atoms with Crippen molar-refractivity contribution in [1.82, 2.24) is 10.6 Å². The summed E-state index contributed by atoms with van der Waals surface area (Å²) in [6.07, 6.45) is 9.46. The standard InChI is InChI=1S/C22H18N4O/c23-21-25-20(27)22(26-21,16-9-4-3-5-10-16)17-11-8-14-19(15-17)24-18-12-6-1-2-7-13-18/h1,3-15,24H,(H3,23,25,26,27). The maximum atomic E-state index is 12.9. The van der Waals surface area contributed by atoms with E-state index in [0.29, 0.717) is 0 Å². The van der Waals surface area contributed by atoms with E-state index in [-0.39, 0.29) is 11.9 Å². The van der Waals surface area contributed by atoms with Crippen molar-refractivity contribution in [1.29, 1.82) is 5.41 Å². The van der Waals surface area contributed by atoms with Gasteiger partial charge in [-0.1, -0.05) is 48.5 Å². The second-order valence-corrected chi connectivity index (χ2v) is 6.26. The Labute approximate surface area is 157 Å². The fourth-order valence-electron chi connectivity index (χ4n) is 3.28. The first-order chi connectivity index (χ1) is 13.2. The molecular formula is C22H18N4O. The molecule has 1 aliphatic heterocycles. The number of anilines is 1. The van der Waals surface area contributed by atoms with E-state index in [0.717, 1.165) is 22.5 Å². The molecule has 4 rings (SSSR count). The number of hydrogen-bond donors (Lipinski definition) is 4. The highest BCUT2D eigenvalue weighted by molar-refractivity contribution is 6.10. The second kappa shape index (κ2) is 6.83. The van der Waals surface area contributed by atoms with Crippen LogP contribution in [-0.4, -0.2) is 11.9 Å². The van der Waals surface area contributed by atoms with Crippen LogP contribution >= 0.6 is 0 Å². The number of rotatable bonds is 4. The van der Waals surface area contributed by atoms with Crippen LogP contribution in [0.25, 0.3) is 0 Å². The molecule has 5 nitrogen and oxygen atoms in total. The van der Waals surface area contributed by atoms with Gasteiger partial charge in [0, 0.05) is 11.4 Å². The normalized spacial score (nSPS) is 20.7. The third-order valence-corrected chi connectivity index (χ3v) is 4.51. The zero-order valence-electron chi connectivity index (χ0n) is 14.5. The lowest BCUT2D eigenvalue weighted by atomic mass is 9.82. The highest BCUT2D eigenvalue weighted by Gasteiger charge is 2.47. The van der Waals surface area contributed by atoms with Gasteiger partial charge in [-0.15, -0.1) is 5.73 Å². The van der Waals surface area contributed by atoms with Crippen molar-refractivity contribution in [3.63, 3.8) is 0 Å². The summed E-state index contributed by atoms with van der Waals surface area (Å²) in [5.74, 6) is -0.274. The summed E-state index contributed by atoms with van der Waals surface area (Å²) in [6.45, 7) is 0. The molecule has 0 aromatic heterocycles.